The van der Waals surface area contributed by atoms with Gasteiger partial charge >= 0.3 is 0 Å². The van der Waals surface area contributed by atoms with E-state index in [1.54, 1.807) is 0 Å². The van der Waals surface area contributed by atoms with Crippen LogP contribution in [0.15, 0.2) is 24.4 Å². The number of H-pyrrole nitrogens is 1. The van der Waals surface area contributed by atoms with Gasteiger partial charge in [0, 0.05) is 36.1 Å². The minimum atomic E-state index is 0.0848. The van der Waals surface area contributed by atoms with Crippen LogP contribution in [0.1, 0.15) is 58.8 Å². The fourth-order valence-electron chi connectivity index (χ4n) is 6.29. The summed E-state index contributed by atoms with van der Waals surface area (Å²) in [6, 6.07) is 6.16. The van der Waals surface area contributed by atoms with E-state index in [1.807, 2.05) is 12.3 Å². The third-order valence-electron chi connectivity index (χ3n) is 7.82. The number of fused-ring (bicyclic) bond motifs is 2. The number of carbonyl (C=O) groups excluding carboxylic acids is 1. The fourth-order valence-corrected chi connectivity index (χ4v) is 6.59. The van der Waals surface area contributed by atoms with E-state index < -0.39 is 0 Å². The monoisotopic (exact) mass is 483 g/mol. The van der Waals surface area contributed by atoms with Gasteiger partial charge in [-0.05, 0) is 80.2 Å². The van der Waals surface area contributed by atoms with Crippen molar-refractivity contribution in [1.82, 2.24) is 9.88 Å². The first-order valence-corrected chi connectivity index (χ1v) is 14.2. The number of aromatic amines is 1. The van der Waals surface area contributed by atoms with Crippen LogP contribution in [0.5, 0.6) is 5.75 Å². The molecular formula is C27H43BN3O2P. The third-order valence-corrected chi connectivity index (χ3v) is 8.03. The molecule has 7 heteroatoms. The zero-order valence-electron chi connectivity index (χ0n) is 21.3. The van der Waals surface area contributed by atoms with E-state index in [-0.39, 0.29) is 11.8 Å². The van der Waals surface area contributed by atoms with Crippen LogP contribution in [-0.4, -0.2) is 55.4 Å². The summed E-state index contributed by atoms with van der Waals surface area (Å²) in [5.74, 6) is 3.68. The molecule has 4 atom stereocenters. The van der Waals surface area contributed by atoms with E-state index in [0.29, 0.717) is 5.56 Å². The maximum absolute atomic E-state index is 12.8. The Hall–Kier alpha value is -1.52. The molecule has 0 bridgehead atoms. The number of carbonyl (C=O) groups is 1. The van der Waals surface area contributed by atoms with Crippen molar-refractivity contribution in [2.75, 3.05) is 31.6 Å². The molecule has 0 spiro atoms. The highest BCUT2D eigenvalue weighted by Gasteiger charge is 2.40. The quantitative estimate of drug-likeness (QED) is 0.334. The number of aromatic nitrogens is 1. The average molecular weight is 483 g/mol. The second kappa shape index (κ2) is 11.9. The Morgan fingerprint density at radius 2 is 1.94 bits per heavy atom. The van der Waals surface area contributed by atoms with Crippen molar-refractivity contribution in [3.63, 3.8) is 0 Å². The average Bonchev–Trinajstić information content (AvgIpc) is 3.46. The third kappa shape index (κ3) is 6.37. The zero-order chi connectivity index (χ0) is 24.1. The van der Waals surface area contributed by atoms with Gasteiger partial charge in [0.2, 0.25) is 5.91 Å². The first kappa shape index (κ1) is 25.6. The van der Waals surface area contributed by atoms with Crippen molar-refractivity contribution in [3.8, 4) is 5.75 Å². The Labute approximate surface area is 208 Å². The lowest BCUT2D eigenvalue weighted by Gasteiger charge is -2.20. The fraction of sp³-hybridized carbons (Fsp3) is 0.667. The van der Waals surface area contributed by atoms with Crippen LogP contribution in [0.25, 0.3) is 10.9 Å². The summed E-state index contributed by atoms with van der Waals surface area (Å²) in [6.45, 7) is 8.85. The minimum Gasteiger partial charge on any atom is -0.494 e. The molecule has 2 aromatic rings. The van der Waals surface area contributed by atoms with E-state index >= 15 is 0 Å². The lowest BCUT2D eigenvalue weighted by molar-refractivity contribution is -0.120. The van der Waals surface area contributed by atoms with Gasteiger partial charge in [-0.15, -0.1) is 9.24 Å². The predicted molar refractivity (Wildman–Crippen MR) is 149 cm³/mol. The number of nitrogens with one attached hydrogen (secondary N) is 2. The molecule has 2 aliphatic rings. The summed E-state index contributed by atoms with van der Waals surface area (Å²) in [6.07, 6.45) is 9.70. The molecule has 1 saturated heterocycles. The first-order chi connectivity index (χ1) is 16.5. The maximum Gasteiger partial charge on any atom is 0.227 e. The van der Waals surface area contributed by atoms with Gasteiger partial charge < -0.3 is 19.9 Å². The van der Waals surface area contributed by atoms with Crippen LogP contribution in [0.4, 0.5) is 5.69 Å². The van der Waals surface area contributed by atoms with E-state index in [2.05, 4.69) is 58.3 Å². The van der Waals surface area contributed by atoms with Crippen LogP contribution in [-0.2, 0) is 4.79 Å². The van der Waals surface area contributed by atoms with Gasteiger partial charge in [-0.2, -0.15) is 0 Å². The minimum absolute atomic E-state index is 0.0848. The summed E-state index contributed by atoms with van der Waals surface area (Å²) in [5.41, 5.74) is 2.57. The molecule has 34 heavy (non-hydrogen) atoms. The second-order valence-corrected chi connectivity index (χ2v) is 12.0. The Morgan fingerprint density at radius 3 is 2.59 bits per heavy atom. The van der Waals surface area contributed by atoms with Gasteiger partial charge in [0.25, 0.3) is 0 Å². The largest absolute Gasteiger partial charge is 0.494 e. The summed E-state index contributed by atoms with van der Waals surface area (Å²) in [7, 11) is 5.22. The lowest BCUT2D eigenvalue weighted by Crippen LogP contribution is -2.29. The molecule has 0 radical (unpaired) electrons. The second-order valence-electron chi connectivity index (χ2n) is 10.9. The topological polar surface area (TPSA) is 57.4 Å². The highest BCUT2D eigenvalue weighted by molar-refractivity contribution is 7.20. The lowest BCUT2D eigenvalue weighted by atomic mass is 9.97. The molecule has 5 nitrogen and oxygen atoms in total. The summed E-state index contributed by atoms with van der Waals surface area (Å²) < 4.78 is 6.19. The Kier molecular flexibility index (Phi) is 8.99. The summed E-state index contributed by atoms with van der Waals surface area (Å²) >= 11 is 0. The first-order valence-electron chi connectivity index (χ1n) is 13.5. The number of hydrogen-bond donors (Lipinski definition) is 2. The SMILES string of the molecule is BC(P)CN1CC2CC(CCOc3ccc4[nH]cc(NC(=O)C(CCC)CCC)c4c3)CC2C1. The normalized spacial score (nSPS) is 23.5. The molecule has 2 N–H and O–H groups in total. The number of hydrogen-bond acceptors (Lipinski definition) is 3. The molecule has 1 aromatic heterocycles. The highest BCUT2D eigenvalue weighted by atomic mass is 31.0. The van der Waals surface area contributed by atoms with Gasteiger partial charge in [-0.25, -0.2) is 0 Å². The summed E-state index contributed by atoms with van der Waals surface area (Å²) in [4.78, 5) is 18.8. The van der Waals surface area contributed by atoms with Gasteiger partial charge in [-0.1, -0.05) is 26.7 Å². The van der Waals surface area contributed by atoms with Crippen LogP contribution in [0.2, 0.25) is 0 Å². The molecule has 1 aromatic carbocycles. The maximum atomic E-state index is 12.8. The Morgan fingerprint density at radius 1 is 1.24 bits per heavy atom. The standard InChI is InChI=1S/C27H43BN3O2P/c1-3-5-19(6-4-2)27(32)30-25-14-29-24-8-7-22(13-23(24)25)33-10-9-18-11-20-15-31(17-26(28)34)16-21(20)12-18/h7-8,13-14,18-21,26,29H,3-6,9-12,15-17,28,34H2,1-2H3,(H,30,32). The van der Waals surface area contributed by atoms with E-state index in [9.17, 15) is 4.79 Å². The van der Waals surface area contributed by atoms with Gasteiger partial charge in [-0.3, -0.25) is 4.79 Å². The van der Waals surface area contributed by atoms with Crippen molar-refractivity contribution < 1.29 is 9.53 Å². The number of nitrogens with zero attached hydrogens (tertiary/aromatic N) is 1. The van der Waals surface area contributed by atoms with Crippen molar-refractivity contribution >= 4 is 39.6 Å². The molecule has 2 heterocycles. The molecule has 4 rings (SSSR count). The molecular weight excluding hydrogens is 440 g/mol. The van der Waals surface area contributed by atoms with Crippen molar-refractivity contribution in [1.29, 1.82) is 0 Å². The number of rotatable bonds is 12. The van der Waals surface area contributed by atoms with Gasteiger partial charge in [0.05, 0.1) is 12.3 Å². The molecule has 1 amide bonds. The van der Waals surface area contributed by atoms with Crippen molar-refractivity contribution in [2.24, 2.45) is 23.7 Å². The Balaban J connectivity index is 1.28. The number of benzene rings is 1. The number of likely N-dealkylation sites (tertiary alicyclic amines) is 1. The molecule has 2 fully saturated rings. The molecule has 186 valence electrons. The van der Waals surface area contributed by atoms with Crippen LogP contribution < -0.4 is 10.1 Å². The van der Waals surface area contributed by atoms with E-state index in [0.717, 1.165) is 78.8 Å². The summed E-state index contributed by atoms with van der Waals surface area (Å²) in [5, 5.41) is 4.19. The van der Waals surface area contributed by atoms with Crippen molar-refractivity contribution in [3.05, 3.63) is 24.4 Å². The molecule has 4 unspecified atom stereocenters. The van der Waals surface area contributed by atoms with Crippen LogP contribution in [0, 0.1) is 23.7 Å². The zero-order valence-corrected chi connectivity index (χ0v) is 22.5. The number of anilines is 1. The smallest absolute Gasteiger partial charge is 0.227 e. The van der Waals surface area contributed by atoms with Gasteiger partial charge in [0.1, 0.15) is 13.6 Å². The predicted octanol–water partition coefficient (Wildman–Crippen LogP) is 4.88. The van der Waals surface area contributed by atoms with E-state index in [1.165, 1.54) is 32.5 Å². The Bertz CT molecular complexity index is 929. The number of ether oxygens (including phenoxy) is 1. The molecule has 1 aliphatic carbocycles. The van der Waals surface area contributed by atoms with Crippen LogP contribution in [0.3, 0.4) is 0 Å². The molecule has 1 aliphatic heterocycles. The molecule has 1 saturated carbocycles. The van der Waals surface area contributed by atoms with Gasteiger partial charge in [0.15, 0.2) is 0 Å². The van der Waals surface area contributed by atoms with Crippen LogP contribution >= 0.6 is 9.24 Å². The van der Waals surface area contributed by atoms with E-state index in [4.69, 9.17) is 4.74 Å². The van der Waals surface area contributed by atoms with Crippen molar-refractivity contribution in [2.45, 2.75) is 64.4 Å². The number of amides is 1. The highest BCUT2D eigenvalue weighted by Crippen LogP contribution is 2.43.